The lowest BCUT2D eigenvalue weighted by Gasteiger charge is -2.37. The van der Waals surface area contributed by atoms with Crippen LogP contribution in [0.3, 0.4) is 0 Å². The van der Waals surface area contributed by atoms with E-state index in [0.29, 0.717) is 13.2 Å². The molecule has 0 saturated heterocycles. The van der Waals surface area contributed by atoms with Gasteiger partial charge in [0.1, 0.15) is 17.2 Å². The number of ether oxygens (including phenoxy) is 2. The Kier molecular flexibility index (Phi) is 3.67. The zero-order valence-corrected chi connectivity index (χ0v) is 14.0. The van der Waals surface area contributed by atoms with Crippen LogP contribution in [0.2, 0.25) is 0 Å². The van der Waals surface area contributed by atoms with Crippen LogP contribution < -0.4 is 25.8 Å². The molecule has 0 aromatic carbocycles. The number of thiophene rings is 1. The van der Waals surface area contributed by atoms with Crippen LogP contribution in [0.5, 0.6) is 5.75 Å². The molecular weight excluding hydrogens is 316 g/mol. The summed E-state index contributed by atoms with van der Waals surface area (Å²) in [5.74, 6) is 0.798. The molecule has 0 spiro atoms. The molecule has 0 bridgehead atoms. The summed E-state index contributed by atoms with van der Waals surface area (Å²) in [6.07, 6.45) is 1.93. The summed E-state index contributed by atoms with van der Waals surface area (Å²) in [7, 11) is 1.66. The first kappa shape index (κ1) is 14.8. The molecule has 4 heterocycles. The molecule has 7 nitrogen and oxygen atoms in total. The van der Waals surface area contributed by atoms with Crippen molar-refractivity contribution in [3.63, 3.8) is 0 Å². The van der Waals surface area contributed by atoms with Crippen molar-refractivity contribution in [3.8, 4) is 5.75 Å². The highest BCUT2D eigenvalue weighted by molar-refractivity contribution is 7.16. The number of carbonyl (C=O) groups is 1. The van der Waals surface area contributed by atoms with E-state index in [1.807, 2.05) is 6.20 Å². The molecule has 1 amide bonds. The summed E-state index contributed by atoms with van der Waals surface area (Å²) >= 11 is 1.50. The lowest BCUT2D eigenvalue weighted by Crippen LogP contribution is -2.51. The summed E-state index contributed by atoms with van der Waals surface area (Å²) in [6, 6.07) is 0.120. The largest absolute Gasteiger partial charge is 0.488 e. The van der Waals surface area contributed by atoms with E-state index < -0.39 is 0 Å². The molecule has 3 aliphatic heterocycles. The van der Waals surface area contributed by atoms with Gasteiger partial charge < -0.3 is 25.1 Å². The minimum atomic E-state index is -0.0427. The van der Waals surface area contributed by atoms with E-state index in [1.165, 1.54) is 11.3 Å². The van der Waals surface area contributed by atoms with E-state index in [4.69, 9.17) is 9.47 Å². The maximum absolute atomic E-state index is 12.7. The second-order valence-electron chi connectivity index (χ2n) is 5.92. The van der Waals surface area contributed by atoms with Crippen LogP contribution in [0.4, 0.5) is 5.69 Å². The molecule has 0 radical (unpaired) electrons. The van der Waals surface area contributed by atoms with Crippen molar-refractivity contribution in [3.05, 3.63) is 16.0 Å². The monoisotopic (exact) mass is 336 g/mol. The Labute approximate surface area is 138 Å². The summed E-state index contributed by atoms with van der Waals surface area (Å²) in [5.41, 5.74) is 8.12. The Morgan fingerprint density at radius 1 is 1.48 bits per heavy atom. The Bertz CT molecular complexity index is 672. The number of hydrogen-bond donors (Lipinski definition) is 3. The summed E-state index contributed by atoms with van der Waals surface area (Å²) < 4.78 is 11.2. The zero-order chi connectivity index (χ0) is 16.0. The van der Waals surface area contributed by atoms with Crippen molar-refractivity contribution in [2.45, 2.75) is 19.0 Å². The van der Waals surface area contributed by atoms with Gasteiger partial charge in [0.2, 0.25) is 0 Å². The third-order valence-electron chi connectivity index (χ3n) is 4.57. The highest BCUT2D eigenvalue weighted by Crippen LogP contribution is 2.49. The molecule has 124 valence electrons. The van der Waals surface area contributed by atoms with Crippen molar-refractivity contribution in [1.82, 2.24) is 16.2 Å². The first-order valence-corrected chi connectivity index (χ1v) is 8.56. The topological polar surface area (TPSA) is 74.9 Å². The van der Waals surface area contributed by atoms with Gasteiger partial charge in [-0.15, -0.1) is 11.3 Å². The molecule has 1 aromatic rings. The number of rotatable bonds is 3. The first-order chi connectivity index (χ1) is 11.2. The van der Waals surface area contributed by atoms with Crippen LogP contribution in [0.1, 0.15) is 21.5 Å². The standard InChI is InChI=1S/C15H20N4O3S/c1-8-10(7-21-2)18-15(20)14-11-12(22-4-3-19(8)11)13(23-14)9-5-16-17-6-9/h5,8,10,16-17H,3-4,6-7H2,1-2H3,(H,18,20)/t8-,10+/m0/s1. The van der Waals surface area contributed by atoms with Crippen LogP contribution in [0.15, 0.2) is 6.20 Å². The van der Waals surface area contributed by atoms with Gasteiger partial charge >= 0.3 is 0 Å². The van der Waals surface area contributed by atoms with E-state index in [2.05, 4.69) is 28.0 Å². The van der Waals surface area contributed by atoms with Gasteiger partial charge in [0, 0.05) is 31.5 Å². The van der Waals surface area contributed by atoms with Crippen molar-refractivity contribution < 1.29 is 14.3 Å². The minimum absolute atomic E-state index is 0.0319. The van der Waals surface area contributed by atoms with Crippen LogP contribution in [0.25, 0.3) is 5.57 Å². The number of anilines is 1. The predicted molar refractivity (Wildman–Crippen MR) is 88.9 cm³/mol. The van der Waals surface area contributed by atoms with Crippen molar-refractivity contribution in [2.24, 2.45) is 0 Å². The summed E-state index contributed by atoms with van der Waals surface area (Å²) in [4.78, 5) is 16.8. The predicted octanol–water partition coefficient (Wildman–Crippen LogP) is 0.543. The van der Waals surface area contributed by atoms with E-state index in [1.54, 1.807) is 7.11 Å². The molecular formula is C15H20N4O3S. The normalized spacial score (nSPS) is 25.9. The highest BCUT2D eigenvalue weighted by Gasteiger charge is 2.40. The fraction of sp³-hybridized carbons (Fsp3) is 0.533. The van der Waals surface area contributed by atoms with Crippen LogP contribution in [-0.4, -0.2) is 51.4 Å². The molecule has 3 aliphatic rings. The van der Waals surface area contributed by atoms with E-state index >= 15 is 0 Å². The highest BCUT2D eigenvalue weighted by atomic mass is 32.1. The number of amides is 1. The Morgan fingerprint density at radius 3 is 3.09 bits per heavy atom. The van der Waals surface area contributed by atoms with Crippen LogP contribution >= 0.6 is 11.3 Å². The number of carbonyl (C=O) groups excluding carboxylic acids is 1. The lowest BCUT2D eigenvalue weighted by atomic mass is 10.1. The number of hydrazine groups is 1. The van der Waals surface area contributed by atoms with Gasteiger partial charge in [-0.25, -0.2) is 5.43 Å². The average Bonchev–Trinajstić information content (AvgIpc) is 3.18. The third kappa shape index (κ3) is 2.29. The fourth-order valence-corrected chi connectivity index (χ4v) is 4.52. The quantitative estimate of drug-likeness (QED) is 0.748. The Balaban J connectivity index is 1.81. The molecule has 4 rings (SSSR count). The van der Waals surface area contributed by atoms with Gasteiger partial charge in [-0.2, -0.15) is 0 Å². The molecule has 0 fully saturated rings. The lowest BCUT2D eigenvalue weighted by molar-refractivity contribution is 0.0895. The average molecular weight is 336 g/mol. The van der Waals surface area contributed by atoms with Crippen molar-refractivity contribution >= 4 is 28.5 Å². The fourth-order valence-electron chi connectivity index (χ4n) is 3.35. The van der Waals surface area contributed by atoms with Crippen LogP contribution in [0, 0.1) is 0 Å². The maximum Gasteiger partial charge on any atom is 0.264 e. The van der Waals surface area contributed by atoms with Crippen LogP contribution in [-0.2, 0) is 4.74 Å². The summed E-state index contributed by atoms with van der Waals surface area (Å²) in [6.45, 7) is 4.76. The van der Waals surface area contributed by atoms with Crippen molar-refractivity contribution in [1.29, 1.82) is 0 Å². The SMILES string of the molecule is COC[C@H]1NC(=O)c2sc(C3=CNNC3)c3c2N(CCO3)[C@H]1C. The second kappa shape index (κ2) is 5.70. The molecule has 23 heavy (non-hydrogen) atoms. The Hall–Kier alpha value is -1.77. The third-order valence-corrected chi connectivity index (χ3v) is 5.80. The smallest absolute Gasteiger partial charge is 0.264 e. The molecule has 3 N–H and O–H groups in total. The molecule has 0 unspecified atom stereocenters. The van der Waals surface area contributed by atoms with Gasteiger partial charge in [0.25, 0.3) is 5.91 Å². The van der Waals surface area contributed by atoms with Gasteiger partial charge in [0.05, 0.1) is 24.1 Å². The van der Waals surface area contributed by atoms with E-state index in [9.17, 15) is 4.79 Å². The molecule has 1 aromatic heterocycles. The van der Waals surface area contributed by atoms with Gasteiger partial charge in [-0.3, -0.25) is 4.79 Å². The van der Waals surface area contributed by atoms with Gasteiger partial charge in [-0.1, -0.05) is 0 Å². The zero-order valence-electron chi connectivity index (χ0n) is 13.1. The number of hydrogen-bond acceptors (Lipinski definition) is 7. The molecule has 8 heteroatoms. The number of methoxy groups -OCH3 is 1. The second-order valence-corrected chi connectivity index (χ2v) is 6.94. The van der Waals surface area contributed by atoms with Gasteiger partial charge in [0.15, 0.2) is 5.75 Å². The van der Waals surface area contributed by atoms with E-state index in [-0.39, 0.29) is 18.0 Å². The number of nitrogens with one attached hydrogen (secondary N) is 3. The Morgan fingerprint density at radius 2 is 2.35 bits per heavy atom. The number of nitrogens with zero attached hydrogens (tertiary/aromatic N) is 1. The summed E-state index contributed by atoms with van der Waals surface area (Å²) in [5, 5.41) is 3.11. The first-order valence-electron chi connectivity index (χ1n) is 7.74. The maximum atomic E-state index is 12.7. The molecule has 0 saturated carbocycles. The van der Waals surface area contributed by atoms with Gasteiger partial charge in [-0.05, 0) is 6.92 Å². The minimum Gasteiger partial charge on any atom is -0.488 e. The van der Waals surface area contributed by atoms with E-state index in [0.717, 1.165) is 39.9 Å². The molecule has 0 aliphatic carbocycles. The molecule has 2 atom stereocenters. The van der Waals surface area contributed by atoms with Crippen molar-refractivity contribution in [2.75, 3.05) is 38.3 Å².